The van der Waals surface area contributed by atoms with Crippen molar-refractivity contribution in [2.45, 2.75) is 6.54 Å². The molecule has 0 atom stereocenters. The van der Waals surface area contributed by atoms with Gasteiger partial charge in [0.15, 0.2) is 0 Å². The van der Waals surface area contributed by atoms with Gasteiger partial charge in [-0.2, -0.15) is 10.2 Å². The Balaban J connectivity index is 1.52. The number of nitrogens with zero attached hydrogens (tertiary/aromatic N) is 4. The first-order valence-electron chi connectivity index (χ1n) is 10.3. The van der Waals surface area contributed by atoms with Gasteiger partial charge in [0.05, 0.1) is 24.5 Å². The maximum absolute atomic E-state index is 14.3. The summed E-state index contributed by atoms with van der Waals surface area (Å²) in [4.78, 5) is 13.4. The zero-order chi connectivity index (χ0) is 21.8. The highest BCUT2D eigenvalue weighted by molar-refractivity contribution is 6.08. The lowest BCUT2D eigenvalue weighted by atomic mass is 10.0. The van der Waals surface area contributed by atoms with Crippen LogP contribution in [0.5, 0.6) is 0 Å². The molecule has 0 radical (unpaired) electrons. The summed E-state index contributed by atoms with van der Waals surface area (Å²) in [7, 11) is 1.86. The molecule has 0 bridgehead atoms. The highest BCUT2D eigenvalue weighted by Gasteiger charge is 2.16. The summed E-state index contributed by atoms with van der Waals surface area (Å²) in [6, 6.07) is 18.3. The van der Waals surface area contributed by atoms with E-state index in [2.05, 4.69) is 15.3 Å². The molecule has 6 rings (SSSR count). The van der Waals surface area contributed by atoms with Gasteiger partial charge in [0.1, 0.15) is 11.3 Å². The molecular formula is C25H18FN5O. The minimum Gasteiger partial charge on any atom is -0.339 e. The fraction of sp³-hybridized carbons (Fsp3) is 0.0800. The van der Waals surface area contributed by atoms with Crippen molar-refractivity contribution < 1.29 is 4.39 Å². The Morgan fingerprint density at radius 2 is 1.84 bits per heavy atom. The Morgan fingerprint density at radius 1 is 0.969 bits per heavy atom. The van der Waals surface area contributed by atoms with Gasteiger partial charge in [0, 0.05) is 34.3 Å². The summed E-state index contributed by atoms with van der Waals surface area (Å²) in [5.41, 5.74) is 4.43. The van der Waals surface area contributed by atoms with Crippen LogP contribution in [0.15, 0.2) is 77.9 Å². The van der Waals surface area contributed by atoms with E-state index in [1.54, 1.807) is 24.5 Å². The number of fused-ring (bicyclic) bond motifs is 4. The number of aryl methyl sites for hydroxylation is 1. The van der Waals surface area contributed by atoms with Gasteiger partial charge in [-0.3, -0.25) is 9.89 Å². The topological polar surface area (TPSA) is 68.5 Å². The molecule has 0 saturated carbocycles. The molecule has 3 heterocycles. The molecule has 6 nitrogen and oxygen atoms in total. The first-order chi connectivity index (χ1) is 15.6. The molecule has 6 aromatic rings. The average molecular weight is 423 g/mol. The van der Waals surface area contributed by atoms with Crippen LogP contribution >= 0.6 is 0 Å². The van der Waals surface area contributed by atoms with Gasteiger partial charge in [-0.05, 0) is 29.3 Å². The number of nitrogens with one attached hydrogen (secondary N) is 1. The van der Waals surface area contributed by atoms with E-state index in [0.717, 1.165) is 38.3 Å². The molecule has 0 unspecified atom stereocenters. The van der Waals surface area contributed by atoms with Gasteiger partial charge in [-0.25, -0.2) is 9.07 Å². The minimum absolute atomic E-state index is 0.172. The summed E-state index contributed by atoms with van der Waals surface area (Å²) in [6.07, 6.45) is 3.49. The average Bonchev–Trinajstić information content (AvgIpc) is 3.40. The quantitative estimate of drug-likeness (QED) is 0.452. The molecule has 32 heavy (non-hydrogen) atoms. The molecule has 1 N–H and O–H groups in total. The zero-order valence-electron chi connectivity index (χ0n) is 17.2. The number of hydrogen-bond donors (Lipinski definition) is 1. The Bertz CT molecular complexity index is 1710. The second-order valence-electron chi connectivity index (χ2n) is 7.89. The van der Waals surface area contributed by atoms with E-state index >= 15 is 0 Å². The number of H-pyrrole nitrogens is 1. The Labute approximate surface area is 181 Å². The number of aromatic nitrogens is 5. The van der Waals surface area contributed by atoms with Crippen molar-refractivity contribution in [2.24, 2.45) is 7.05 Å². The van der Waals surface area contributed by atoms with E-state index in [1.165, 1.54) is 10.7 Å². The summed E-state index contributed by atoms with van der Waals surface area (Å²) in [6.45, 7) is 0.341. The van der Waals surface area contributed by atoms with Crippen molar-refractivity contribution >= 4 is 32.7 Å². The van der Waals surface area contributed by atoms with E-state index in [1.807, 2.05) is 54.1 Å². The lowest BCUT2D eigenvalue weighted by Crippen LogP contribution is -2.24. The van der Waals surface area contributed by atoms with Crippen molar-refractivity contribution in [3.63, 3.8) is 0 Å². The molecule has 0 spiro atoms. The van der Waals surface area contributed by atoms with Crippen molar-refractivity contribution in [3.05, 3.63) is 94.8 Å². The first kappa shape index (κ1) is 18.5. The lowest BCUT2D eigenvalue weighted by Gasteiger charge is -2.07. The molecule has 156 valence electrons. The van der Waals surface area contributed by atoms with Crippen LogP contribution in [0, 0.1) is 5.82 Å². The molecule has 0 aliphatic rings. The van der Waals surface area contributed by atoms with Crippen molar-refractivity contribution in [1.82, 2.24) is 24.5 Å². The fourth-order valence-electron chi connectivity index (χ4n) is 4.46. The van der Waals surface area contributed by atoms with Crippen LogP contribution in [0.25, 0.3) is 43.8 Å². The SMILES string of the molecule is Cn1c2cc(-c3ccccc3F)ccc2c2cnn(Cc3cccc4[nH]ncc34)c(=O)c21. The summed E-state index contributed by atoms with van der Waals surface area (Å²) in [5, 5.41) is 14.2. The zero-order valence-corrected chi connectivity index (χ0v) is 17.2. The Hall–Kier alpha value is -4.26. The van der Waals surface area contributed by atoms with Crippen molar-refractivity contribution in [2.75, 3.05) is 0 Å². The van der Waals surface area contributed by atoms with E-state index in [-0.39, 0.29) is 11.4 Å². The number of aromatic amines is 1. The van der Waals surface area contributed by atoms with Gasteiger partial charge in [-0.1, -0.05) is 42.5 Å². The Morgan fingerprint density at radius 3 is 2.72 bits per heavy atom. The smallest absolute Gasteiger partial charge is 0.291 e. The predicted octanol–water partition coefficient (Wildman–Crippen LogP) is 4.62. The van der Waals surface area contributed by atoms with Crippen molar-refractivity contribution in [1.29, 1.82) is 0 Å². The van der Waals surface area contributed by atoms with Crippen LogP contribution in [0.3, 0.4) is 0 Å². The lowest BCUT2D eigenvalue weighted by molar-refractivity contribution is 0.631. The van der Waals surface area contributed by atoms with Gasteiger partial charge in [-0.15, -0.1) is 0 Å². The van der Waals surface area contributed by atoms with Crippen molar-refractivity contribution in [3.8, 4) is 11.1 Å². The molecule has 3 aromatic heterocycles. The van der Waals surface area contributed by atoms with Gasteiger partial charge >= 0.3 is 0 Å². The third-order valence-electron chi connectivity index (χ3n) is 6.08. The minimum atomic E-state index is -0.275. The first-order valence-corrected chi connectivity index (χ1v) is 10.3. The monoisotopic (exact) mass is 423 g/mol. The highest BCUT2D eigenvalue weighted by atomic mass is 19.1. The predicted molar refractivity (Wildman–Crippen MR) is 123 cm³/mol. The maximum Gasteiger partial charge on any atom is 0.291 e. The summed E-state index contributed by atoms with van der Waals surface area (Å²) in [5.74, 6) is -0.275. The van der Waals surface area contributed by atoms with Crippen LogP contribution in [-0.4, -0.2) is 24.5 Å². The van der Waals surface area contributed by atoms with Crippen LogP contribution in [-0.2, 0) is 13.6 Å². The van der Waals surface area contributed by atoms with Crippen LogP contribution in [0.2, 0.25) is 0 Å². The van der Waals surface area contributed by atoms with Crippen LogP contribution in [0.1, 0.15) is 5.56 Å². The molecular weight excluding hydrogens is 405 g/mol. The summed E-state index contributed by atoms with van der Waals surface area (Å²) < 4.78 is 17.7. The second kappa shape index (κ2) is 6.88. The largest absolute Gasteiger partial charge is 0.339 e. The molecule has 0 aliphatic carbocycles. The van der Waals surface area contributed by atoms with Gasteiger partial charge in [0.2, 0.25) is 0 Å². The molecule has 7 heteroatoms. The second-order valence-corrected chi connectivity index (χ2v) is 7.89. The molecule has 0 saturated heterocycles. The van der Waals surface area contributed by atoms with E-state index in [4.69, 9.17) is 0 Å². The standard InChI is InChI=1S/C25H18FN5O/c1-30-23-11-15(17-6-2-3-7-21(17)26)9-10-18(23)20-13-28-31(25(32)24(20)30)14-16-5-4-8-22-19(16)12-27-29-22/h2-13H,14H2,1H3,(H,27,29). The third-order valence-corrected chi connectivity index (χ3v) is 6.08. The fourth-order valence-corrected chi connectivity index (χ4v) is 4.46. The number of hydrogen-bond acceptors (Lipinski definition) is 3. The Kier molecular flexibility index (Phi) is 3.98. The molecule has 0 fully saturated rings. The van der Waals surface area contributed by atoms with E-state index in [0.29, 0.717) is 17.6 Å². The maximum atomic E-state index is 14.3. The molecule has 0 aliphatic heterocycles. The van der Waals surface area contributed by atoms with E-state index < -0.39 is 0 Å². The normalized spacial score (nSPS) is 11.7. The van der Waals surface area contributed by atoms with Gasteiger partial charge < -0.3 is 4.57 Å². The number of benzene rings is 3. The van der Waals surface area contributed by atoms with Gasteiger partial charge in [0.25, 0.3) is 5.56 Å². The molecule has 3 aromatic carbocycles. The summed E-state index contributed by atoms with van der Waals surface area (Å²) >= 11 is 0. The number of rotatable bonds is 3. The number of halogens is 1. The van der Waals surface area contributed by atoms with Crippen LogP contribution in [0.4, 0.5) is 4.39 Å². The van der Waals surface area contributed by atoms with E-state index in [9.17, 15) is 9.18 Å². The molecule has 0 amide bonds. The highest BCUT2D eigenvalue weighted by Crippen LogP contribution is 2.31. The third kappa shape index (κ3) is 2.68. The van der Waals surface area contributed by atoms with Crippen LogP contribution < -0.4 is 5.56 Å².